The highest BCUT2D eigenvalue weighted by molar-refractivity contribution is 7.25. The number of fused-ring (bicyclic) bond motifs is 4. The summed E-state index contributed by atoms with van der Waals surface area (Å²) < 4.78 is 2.51. The summed E-state index contributed by atoms with van der Waals surface area (Å²) in [5.41, 5.74) is 10.4. The third-order valence-electron chi connectivity index (χ3n) is 8.51. The van der Waals surface area contributed by atoms with Crippen molar-refractivity contribution < 1.29 is 0 Å². The first-order chi connectivity index (χ1) is 23.3. The second-order valence-corrected chi connectivity index (χ2v) is 12.5. The molecule has 0 saturated heterocycles. The SMILES string of the molecule is c1ccc(-c2cc(-c3ccc(-c4nc5ccccc5nc4-c4cccc5sc6ccccc6c45)cc3)nc(-c3ccccc3)n2)cc1. The molecular weight excluding hydrogens is 593 g/mol. The van der Waals surface area contributed by atoms with Crippen LogP contribution in [0.5, 0.6) is 0 Å². The summed E-state index contributed by atoms with van der Waals surface area (Å²) in [5, 5.41) is 2.46. The van der Waals surface area contributed by atoms with Crippen LogP contribution in [0.25, 0.3) is 87.6 Å². The molecule has 0 amide bonds. The lowest BCUT2D eigenvalue weighted by Crippen LogP contribution is -1.97. The van der Waals surface area contributed by atoms with Crippen LogP contribution < -0.4 is 0 Å². The predicted molar refractivity (Wildman–Crippen MR) is 195 cm³/mol. The maximum absolute atomic E-state index is 5.25. The Morgan fingerprint density at radius 3 is 1.66 bits per heavy atom. The maximum Gasteiger partial charge on any atom is 0.160 e. The molecule has 0 radical (unpaired) electrons. The van der Waals surface area contributed by atoms with Crippen molar-refractivity contribution in [3.8, 4) is 56.4 Å². The summed E-state index contributed by atoms with van der Waals surface area (Å²) in [5.74, 6) is 0.699. The molecule has 0 aliphatic carbocycles. The van der Waals surface area contributed by atoms with Gasteiger partial charge in [0, 0.05) is 48.0 Å². The van der Waals surface area contributed by atoms with Crippen molar-refractivity contribution in [3.05, 3.63) is 158 Å². The van der Waals surface area contributed by atoms with Gasteiger partial charge in [-0.15, -0.1) is 11.3 Å². The van der Waals surface area contributed by atoms with E-state index in [9.17, 15) is 0 Å². The van der Waals surface area contributed by atoms with Crippen molar-refractivity contribution in [2.24, 2.45) is 0 Å². The van der Waals surface area contributed by atoms with Crippen LogP contribution in [0.2, 0.25) is 0 Å². The van der Waals surface area contributed by atoms with E-state index < -0.39 is 0 Å². The minimum Gasteiger partial charge on any atom is -0.244 e. The Hall–Kier alpha value is -6.04. The van der Waals surface area contributed by atoms with Gasteiger partial charge in [-0.05, 0) is 30.3 Å². The van der Waals surface area contributed by atoms with E-state index in [1.165, 1.54) is 20.2 Å². The van der Waals surface area contributed by atoms with E-state index in [-0.39, 0.29) is 0 Å². The molecular formula is C42H26N4S. The van der Waals surface area contributed by atoms with E-state index in [4.69, 9.17) is 19.9 Å². The highest BCUT2D eigenvalue weighted by atomic mass is 32.1. The van der Waals surface area contributed by atoms with Crippen LogP contribution in [0.4, 0.5) is 0 Å². The van der Waals surface area contributed by atoms with Gasteiger partial charge in [0.2, 0.25) is 0 Å². The number of hydrogen-bond acceptors (Lipinski definition) is 5. The fourth-order valence-corrected chi connectivity index (χ4v) is 7.36. The summed E-state index contributed by atoms with van der Waals surface area (Å²) in [6.07, 6.45) is 0. The molecule has 0 aliphatic rings. The predicted octanol–water partition coefficient (Wildman–Crippen LogP) is 11.1. The number of thiophene rings is 1. The van der Waals surface area contributed by atoms with Crippen LogP contribution >= 0.6 is 11.3 Å². The Balaban J connectivity index is 1.20. The molecule has 0 spiro atoms. The zero-order valence-electron chi connectivity index (χ0n) is 25.2. The Bertz CT molecular complexity index is 2500. The van der Waals surface area contributed by atoms with Crippen molar-refractivity contribution in [1.82, 2.24) is 19.9 Å². The van der Waals surface area contributed by atoms with Gasteiger partial charge in [0.15, 0.2) is 5.82 Å². The van der Waals surface area contributed by atoms with Gasteiger partial charge in [0.25, 0.3) is 0 Å². The first-order valence-corrected chi connectivity index (χ1v) is 16.4. The molecule has 0 aliphatic heterocycles. The molecule has 3 aromatic heterocycles. The Morgan fingerprint density at radius 1 is 0.383 bits per heavy atom. The molecule has 6 aromatic carbocycles. The van der Waals surface area contributed by atoms with Gasteiger partial charge in [-0.2, -0.15) is 0 Å². The van der Waals surface area contributed by atoms with Crippen LogP contribution in [0.1, 0.15) is 0 Å². The minimum atomic E-state index is 0.699. The number of nitrogens with zero attached hydrogens (tertiary/aromatic N) is 4. The summed E-state index contributed by atoms with van der Waals surface area (Å²) in [4.78, 5) is 20.4. The lowest BCUT2D eigenvalue weighted by atomic mass is 9.98. The third-order valence-corrected chi connectivity index (χ3v) is 9.65. The molecule has 0 N–H and O–H groups in total. The molecule has 220 valence electrons. The molecule has 0 bridgehead atoms. The normalized spacial score (nSPS) is 11.4. The van der Waals surface area contributed by atoms with Crippen LogP contribution in [0, 0.1) is 0 Å². The van der Waals surface area contributed by atoms with Gasteiger partial charge in [-0.1, -0.05) is 127 Å². The van der Waals surface area contributed by atoms with Crippen LogP contribution in [-0.2, 0) is 0 Å². The summed E-state index contributed by atoms with van der Waals surface area (Å²) >= 11 is 1.81. The molecule has 0 atom stereocenters. The molecule has 3 heterocycles. The number of rotatable bonds is 5. The van der Waals surface area contributed by atoms with Gasteiger partial charge in [0.1, 0.15) is 0 Å². The summed E-state index contributed by atoms with van der Waals surface area (Å²) in [6.45, 7) is 0. The molecule has 0 fully saturated rings. The zero-order chi connectivity index (χ0) is 31.2. The summed E-state index contributed by atoms with van der Waals surface area (Å²) in [6, 6.07) is 54.2. The van der Waals surface area contributed by atoms with Crippen molar-refractivity contribution in [3.63, 3.8) is 0 Å². The molecule has 4 nitrogen and oxygen atoms in total. The molecule has 9 aromatic rings. The van der Waals surface area contributed by atoms with Crippen LogP contribution in [-0.4, -0.2) is 19.9 Å². The van der Waals surface area contributed by atoms with Crippen molar-refractivity contribution >= 4 is 42.5 Å². The molecule has 0 saturated carbocycles. The van der Waals surface area contributed by atoms with E-state index in [1.807, 2.05) is 84.1 Å². The average molecular weight is 619 g/mol. The fraction of sp³-hybridized carbons (Fsp3) is 0. The second kappa shape index (κ2) is 11.4. The lowest BCUT2D eigenvalue weighted by molar-refractivity contribution is 1.18. The van der Waals surface area contributed by atoms with E-state index >= 15 is 0 Å². The number of para-hydroxylation sites is 2. The topological polar surface area (TPSA) is 51.6 Å². The Morgan fingerprint density at radius 2 is 0.936 bits per heavy atom. The maximum atomic E-state index is 5.25. The van der Waals surface area contributed by atoms with E-state index in [1.54, 1.807) is 0 Å². The average Bonchev–Trinajstić information content (AvgIpc) is 3.54. The van der Waals surface area contributed by atoms with E-state index in [0.717, 1.165) is 61.6 Å². The van der Waals surface area contributed by atoms with Gasteiger partial charge >= 0.3 is 0 Å². The minimum absolute atomic E-state index is 0.699. The molecule has 0 unspecified atom stereocenters. The highest BCUT2D eigenvalue weighted by Gasteiger charge is 2.19. The Kier molecular flexibility index (Phi) is 6.61. The number of aromatic nitrogens is 4. The van der Waals surface area contributed by atoms with Gasteiger partial charge < -0.3 is 0 Å². The van der Waals surface area contributed by atoms with Crippen LogP contribution in [0.15, 0.2) is 158 Å². The van der Waals surface area contributed by atoms with Crippen LogP contribution in [0.3, 0.4) is 0 Å². The Labute approximate surface area is 275 Å². The summed E-state index contributed by atoms with van der Waals surface area (Å²) in [7, 11) is 0. The first-order valence-electron chi connectivity index (χ1n) is 15.6. The largest absolute Gasteiger partial charge is 0.244 e. The number of benzene rings is 6. The molecule has 5 heteroatoms. The second-order valence-electron chi connectivity index (χ2n) is 11.5. The number of hydrogen-bond donors (Lipinski definition) is 0. The molecule has 47 heavy (non-hydrogen) atoms. The van der Waals surface area contributed by atoms with Gasteiger partial charge in [-0.25, -0.2) is 19.9 Å². The van der Waals surface area contributed by atoms with E-state index in [0.29, 0.717) is 5.82 Å². The third kappa shape index (κ3) is 4.94. The standard InChI is InChI=1S/C42H26N4S/c1-3-12-27(13-4-1)35-26-36(46-42(45-35)30-14-5-2-6-15-30)28-22-24-29(25-23-28)40-41(44-34-19-9-8-18-33(34)43-40)32-17-11-21-38-39(32)31-16-7-10-20-37(31)47-38/h1-26H. The van der Waals surface area contributed by atoms with Crippen molar-refractivity contribution in [2.75, 3.05) is 0 Å². The van der Waals surface area contributed by atoms with E-state index in [2.05, 4.69) is 84.9 Å². The van der Waals surface area contributed by atoms with Crippen molar-refractivity contribution in [1.29, 1.82) is 0 Å². The lowest BCUT2D eigenvalue weighted by Gasteiger charge is -2.13. The van der Waals surface area contributed by atoms with Crippen molar-refractivity contribution in [2.45, 2.75) is 0 Å². The molecule has 9 rings (SSSR count). The first kappa shape index (κ1) is 27.3. The van der Waals surface area contributed by atoms with Gasteiger partial charge in [0.05, 0.1) is 33.8 Å². The smallest absolute Gasteiger partial charge is 0.160 e. The quantitative estimate of drug-likeness (QED) is 0.193. The van der Waals surface area contributed by atoms with Gasteiger partial charge in [-0.3, -0.25) is 0 Å². The highest BCUT2D eigenvalue weighted by Crippen LogP contribution is 2.42. The fourth-order valence-electron chi connectivity index (χ4n) is 6.23. The monoisotopic (exact) mass is 618 g/mol. The zero-order valence-corrected chi connectivity index (χ0v) is 26.0.